The van der Waals surface area contributed by atoms with Gasteiger partial charge in [-0.25, -0.2) is 4.79 Å². The van der Waals surface area contributed by atoms with Gasteiger partial charge in [-0.2, -0.15) is 13.2 Å². The summed E-state index contributed by atoms with van der Waals surface area (Å²) in [6.45, 7) is 5.63. The number of hydrogen-bond acceptors (Lipinski definition) is 5. The molecule has 146 valence electrons. The van der Waals surface area contributed by atoms with Crippen molar-refractivity contribution in [3.63, 3.8) is 0 Å². The quantitative estimate of drug-likeness (QED) is 0.871. The van der Waals surface area contributed by atoms with Crippen LogP contribution >= 0.6 is 0 Å². The zero-order valence-corrected chi connectivity index (χ0v) is 14.5. The van der Waals surface area contributed by atoms with Crippen molar-refractivity contribution in [2.24, 2.45) is 0 Å². The largest absolute Gasteiger partial charge is 0.490 e. The number of nitrogens with zero attached hydrogens (tertiary/aromatic N) is 2. The molecule has 0 aromatic carbocycles. The molecule has 1 aliphatic carbocycles. The Balaban J connectivity index is 0.000000298. The molecule has 0 unspecified atom stereocenters. The van der Waals surface area contributed by atoms with Gasteiger partial charge in [0.25, 0.3) is 0 Å². The fraction of sp³-hybridized carbons (Fsp3) is 0.647. The van der Waals surface area contributed by atoms with Gasteiger partial charge in [-0.05, 0) is 31.4 Å². The molecule has 3 rings (SSSR count). The Morgan fingerprint density at radius 2 is 2.19 bits per heavy atom. The maximum absolute atomic E-state index is 10.6. The Kier molecular flexibility index (Phi) is 7.36. The van der Waals surface area contributed by atoms with E-state index in [1.807, 2.05) is 18.5 Å². The molecule has 1 aromatic rings. The Bertz CT molecular complexity index is 571. The molecule has 0 spiro atoms. The highest BCUT2D eigenvalue weighted by Gasteiger charge is 2.43. The number of carbonyl (C=O) groups is 1. The maximum Gasteiger partial charge on any atom is 0.490 e. The van der Waals surface area contributed by atoms with Crippen LogP contribution in [0.2, 0.25) is 0 Å². The first-order valence-corrected chi connectivity index (χ1v) is 8.49. The molecule has 1 aliphatic heterocycles. The van der Waals surface area contributed by atoms with E-state index in [9.17, 15) is 13.2 Å². The summed E-state index contributed by atoms with van der Waals surface area (Å²) in [4.78, 5) is 15.6. The summed E-state index contributed by atoms with van der Waals surface area (Å²) >= 11 is 0. The number of morpholine rings is 1. The van der Waals surface area contributed by atoms with Gasteiger partial charge in [0.05, 0.1) is 18.8 Å². The van der Waals surface area contributed by atoms with Gasteiger partial charge in [0.2, 0.25) is 0 Å². The first kappa shape index (κ1) is 20.6. The summed E-state index contributed by atoms with van der Waals surface area (Å²) in [7, 11) is 0. The van der Waals surface area contributed by atoms with Crippen molar-refractivity contribution in [1.29, 1.82) is 0 Å². The molecule has 0 amide bonds. The lowest BCUT2D eigenvalue weighted by atomic mass is 10.1. The Hall–Kier alpha value is -1.71. The number of rotatable bonds is 4. The van der Waals surface area contributed by atoms with Crippen LogP contribution in [-0.2, 0) is 20.8 Å². The number of carboxylic acid groups (broad SMARTS) is 1. The van der Waals surface area contributed by atoms with Gasteiger partial charge in [0.15, 0.2) is 0 Å². The molecule has 26 heavy (non-hydrogen) atoms. The SMILES string of the molecule is CCO[C@@H]1CC[C@H]2[C@H]1OCCN2Cc1cccnc1.O=C(O)C(F)(F)F. The highest BCUT2D eigenvalue weighted by molar-refractivity contribution is 5.73. The van der Waals surface area contributed by atoms with Gasteiger partial charge in [-0.1, -0.05) is 6.07 Å². The second kappa shape index (κ2) is 9.29. The molecule has 1 saturated carbocycles. The number of halogens is 3. The van der Waals surface area contributed by atoms with E-state index in [0.29, 0.717) is 6.04 Å². The topological polar surface area (TPSA) is 71.9 Å². The van der Waals surface area contributed by atoms with Gasteiger partial charge in [-0.3, -0.25) is 9.88 Å². The van der Waals surface area contributed by atoms with Gasteiger partial charge in [-0.15, -0.1) is 0 Å². The maximum atomic E-state index is 10.6. The summed E-state index contributed by atoms with van der Waals surface area (Å²) in [5.41, 5.74) is 1.28. The van der Waals surface area contributed by atoms with Crippen molar-refractivity contribution in [2.75, 3.05) is 19.8 Å². The fourth-order valence-corrected chi connectivity index (χ4v) is 3.31. The van der Waals surface area contributed by atoms with Crippen LogP contribution in [0.5, 0.6) is 0 Å². The van der Waals surface area contributed by atoms with E-state index in [1.54, 1.807) is 0 Å². The fourth-order valence-electron chi connectivity index (χ4n) is 3.31. The Labute approximate surface area is 149 Å². The third-order valence-corrected chi connectivity index (χ3v) is 4.38. The monoisotopic (exact) mass is 376 g/mol. The highest BCUT2D eigenvalue weighted by atomic mass is 19.4. The number of pyridine rings is 1. The lowest BCUT2D eigenvalue weighted by Crippen LogP contribution is -2.51. The first-order chi connectivity index (χ1) is 12.3. The molecule has 9 heteroatoms. The van der Waals surface area contributed by atoms with E-state index in [4.69, 9.17) is 19.4 Å². The van der Waals surface area contributed by atoms with Crippen LogP contribution in [0.15, 0.2) is 24.5 Å². The van der Waals surface area contributed by atoms with Crippen molar-refractivity contribution in [2.45, 2.75) is 50.7 Å². The van der Waals surface area contributed by atoms with Crippen molar-refractivity contribution < 1.29 is 32.5 Å². The molecular weight excluding hydrogens is 353 g/mol. The van der Waals surface area contributed by atoms with E-state index >= 15 is 0 Å². The molecule has 1 N–H and O–H groups in total. The molecule has 2 heterocycles. The average molecular weight is 376 g/mol. The van der Waals surface area contributed by atoms with Crippen molar-refractivity contribution in [1.82, 2.24) is 9.88 Å². The number of fused-ring (bicyclic) bond motifs is 1. The lowest BCUT2D eigenvalue weighted by molar-refractivity contribution is -0.192. The number of alkyl halides is 3. The van der Waals surface area contributed by atoms with Crippen molar-refractivity contribution in [3.8, 4) is 0 Å². The van der Waals surface area contributed by atoms with Crippen LogP contribution in [0.3, 0.4) is 0 Å². The zero-order valence-electron chi connectivity index (χ0n) is 14.5. The zero-order chi connectivity index (χ0) is 19.2. The lowest BCUT2D eigenvalue weighted by Gasteiger charge is -2.39. The van der Waals surface area contributed by atoms with Crippen molar-refractivity contribution >= 4 is 5.97 Å². The van der Waals surface area contributed by atoms with E-state index in [2.05, 4.69) is 22.9 Å². The minimum absolute atomic E-state index is 0.255. The van der Waals surface area contributed by atoms with E-state index < -0.39 is 12.1 Å². The summed E-state index contributed by atoms with van der Waals surface area (Å²) in [6, 6.07) is 4.66. The molecule has 1 saturated heterocycles. The third kappa shape index (κ3) is 5.65. The summed E-state index contributed by atoms with van der Waals surface area (Å²) < 4.78 is 43.5. The first-order valence-electron chi connectivity index (χ1n) is 8.49. The molecule has 6 nitrogen and oxygen atoms in total. The minimum atomic E-state index is -5.08. The number of ether oxygens (including phenoxy) is 2. The van der Waals surface area contributed by atoms with E-state index in [1.165, 1.54) is 12.0 Å². The predicted molar refractivity (Wildman–Crippen MR) is 86.5 cm³/mol. The molecule has 1 aromatic heterocycles. The van der Waals surface area contributed by atoms with E-state index in [0.717, 1.165) is 32.7 Å². The minimum Gasteiger partial charge on any atom is -0.475 e. The van der Waals surface area contributed by atoms with Crippen LogP contribution in [0, 0.1) is 0 Å². The van der Waals surface area contributed by atoms with Crippen LogP contribution < -0.4 is 0 Å². The predicted octanol–water partition coefficient (Wildman–Crippen LogP) is 2.48. The Morgan fingerprint density at radius 1 is 1.46 bits per heavy atom. The summed E-state index contributed by atoms with van der Waals surface area (Å²) in [5, 5.41) is 7.12. The summed E-state index contributed by atoms with van der Waals surface area (Å²) in [6.07, 6.45) is 1.53. The standard InChI is InChI=1S/C15H22N2O2.C2HF3O2/c1-2-18-14-6-5-13-15(14)19-9-8-17(13)11-12-4-3-7-16-10-12;3-2(4,5)1(6)7/h3-4,7,10,13-15H,2,5-6,8-9,11H2,1H3;(H,6,7)/t13-,14+,15+;/m0./s1. The molecular formula is C17H23F3N2O4. The third-order valence-electron chi connectivity index (χ3n) is 4.38. The van der Waals surface area contributed by atoms with Crippen LogP contribution in [0.1, 0.15) is 25.3 Å². The van der Waals surface area contributed by atoms with Gasteiger partial charge in [0, 0.05) is 38.1 Å². The molecule has 0 bridgehead atoms. The molecule has 3 atom stereocenters. The summed E-state index contributed by atoms with van der Waals surface area (Å²) in [5.74, 6) is -2.76. The van der Waals surface area contributed by atoms with Crippen LogP contribution in [-0.4, -0.2) is 65.1 Å². The number of carboxylic acids is 1. The molecule has 2 fully saturated rings. The van der Waals surface area contributed by atoms with Crippen molar-refractivity contribution in [3.05, 3.63) is 30.1 Å². The normalized spacial score (nSPS) is 25.9. The number of aliphatic carboxylic acids is 1. The van der Waals surface area contributed by atoms with Gasteiger partial charge >= 0.3 is 12.1 Å². The van der Waals surface area contributed by atoms with Gasteiger partial charge in [0.1, 0.15) is 0 Å². The smallest absolute Gasteiger partial charge is 0.475 e. The van der Waals surface area contributed by atoms with Crippen LogP contribution in [0.25, 0.3) is 0 Å². The average Bonchev–Trinajstić information content (AvgIpc) is 3.00. The number of aromatic nitrogens is 1. The molecule has 0 radical (unpaired) electrons. The second-order valence-electron chi connectivity index (χ2n) is 6.11. The number of hydrogen-bond donors (Lipinski definition) is 1. The van der Waals surface area contributed by atoms with E-state index in [-0.39, 0.29) is 12.2 Å². The highest BCUT2D eigenvalue weighted by Crippen LogP contribution is 2.32. The molecule has 2 aliphatic rings. The second-order valence-corrected chi connectivity index (χ2v) is 6.11. The Morgan fingerprint density at radius 3 is 2.77 bits per heavy atom. The van der Waals surface area contributed by atoms with Crippen LogP contribution in [0.4, 0.5) is 13.2 Å². The van der Waals surface area contributed by atoms with Gasteiger partial charge < -0.3 is 14.6 Å².